The van der Waals surface area contributed by atoms with Gasteiger partial charge in [-0.2, -0.15) is 5.10 Å². The molecule has 3 atom stereocenters. The van der Waals surface area contributed by atoms with Crippen LogP contribution in [-0.4, -0.2) is 64.8 Å². The zero-order valence-electron chi connectivity index (χ0n) is 17.3. The maximum atomic E-state index is 11.7. The number of amidine groups is 1. The van der Waals surface area contributed by atoms with Crippen LogP contribution in [0.25, 0.3) is 0 Å². The molecule has 8 nitrogen and oxygen atoms in total. The van der Waals surface area contributed by atoms with E-state index in [9.17, 15) is 9.59 Å². The van der Waals surface area contributed by atoms with Gasteiger partial charge in [0.2, 0.25) is 5.91 Å². The van der Waals surface area contributed by atoms with E-state index in [1.165, 1.54) is 6.42 Å². The maximum Gasteiger partial charge on any atom is 0.305 e. The number of nitrogens with zero attached hydrogens (tertiary/aromatic N) is 3. The van der Waals surface area contributed by atoms with Crippen molar-refractivity contribution in [1.29, 1.82) is 0 Å². The normalized spacial score (nSPS) is 26.3. The molecule has 2 fully saturated rings. The van der Waals surface area contributed by atoms with Gasteiger partial charge in [0.05, 0.1) is 12.6 Å². The Morgan fingerprint density at radius 3 is 2.80 bits per heavy atom. The van der Waals surface area contributed by atoms with Crippen molar-refractivity contribution >= 4 is 35.0 Å². The molecular formula is C21H28N4O4S. The SMILES string of the molecule is CC1CC(C)CN(CCOc2ccccc2C=NN=C2NC(=O)C(CC(=O)O)S2)C1. The van der Waals surface area contributed by atoms with Crippen LogP contribution in [0.2, 0.25) is 0 Å². The van der Waals surface area contributed by atoms with E-state index in [1.807, 2.05) is 24.3 Å². The molecule has 1 aromatic carbocycles. The number of nitrogens with one attached hydrogen (secondary N) is 1. The standard InChI is InChI=1S/C21H28N4O4S/c1-14-9-15(2)13-25(12-14)7-8-29-17-6-4-3-5-16(17)11-22-24-21-23-20(28)18(30-21)10-19(26)27/h3-6,11,14-15,18H,7-10,12-13H2,1-2H3,(H,26,27)(H,23,24,28). The molecule has 30 heavy (non-hydrogen) atoms. The fourth-order valence-corrected chi connectivity index (χ4v) is 4.78. The topological polar surface area (TPSA) is 104 Å². The number of aliphatic carboxylic acids is 1. The van der Waals surface area contributed by atoms with Gasteiger partial charge < -0.3 is 15.2 Å². The van der Waals surface area contributed by atoms with Crippen molar-refractivity contribution in [3.05, 3.63) is 29.8 Å². The molecule has 0 bridgehead atoms. The lowest BCUT2D eigenvalue weighted by atomic mass is 9.92. The van der Waals surface area contributed by atoms with E-state index in [0.717, 1.165) is 54.5 Å². The Balaban J connectivity index is 1.54. The molecule has 0 spiro atoms. The molecule has 0 aliphatic carbocycles. The number of amides is 1. The Morgan fingerprint density at radius 2 is 2.07 bits per heavy atom. The van der Waals surface area contributed by atoms with Gasteiger partial charge in [-0.1, -0.05) is 37.7 Å². The molecule has 2 heterocycles. The van der Waals surface area contributed by atoms with Crippen molar-refractivity contribution in [3.63, 3.8) is 0 Å². The quantitative estimate of drug-likeness (QED) is 0.483. The number of thioether (sulfide) groups is 1. The van der Waals surface area contributed by atoms with Gasteiger partial charge in [-0.25, -0.2) is 0 Å². The second kappa shape index (κ2) is 10.6. The number of likely N-dealkylation sites (tertiary alicyclic amines) is 1. The van der Waals surface area contributed by atoms with Crippen molar-refractivity contribution < 1.29 is 19.4 Å². The molecule has 3 rings (SSSR count). The van der Waals surface area contributed by atoms with Crippen molar-refractivity contribution in [3.8, 4) is 5.75 Å². The fourth-order valence-electron chi connectivity index (χ4n) is 3.87. The minimum atomic E-state index is -1.02. The summed E-state index contributed by atoms with van der Waals surface area (Å²) in [5, 5.41) is 19.0. The van der Waals surface area contributed by atoms with Crippen LogP contribution in [0.4, 0.5) is 0 Å². The van der Waals surface area contributed by atoms with E-state index < -0.39 is 11.2 Å². The third-order valence-corrected chi connectivity index (χ3v) is 6.08. The summed E-state index contributed by atoms with van der Waals surface area (Å²) in [7, 11) is 0. The Bertz CT molecular complexity index is 819. The van der Waals surface area contributed by atoms with Gasteiger partial charge in [0.1, 0.15) is 17.6 Å². The number of benzene rings is 1. The molecule has 9 heteroatoms. The Morgan fingerprint density at radius 1 is 1.33 bits per heavy atom. The number of ether oxygens (including phenoxy) is 1. The lowest BCUT2D eigenvalue weighted by molar-refractivity contribution is -0.138. The molecule has 2 saturated heterocycles. The smallest absolute Gasteiger partial charge is 0.305 e. The minimum absolute atomic E-state index is 0.246. The Labute approximate surface area is 180 Å². The molecule has 162 valence electrons. The van der Waals surface area contributed by atoms with Crippen LogP contribution in [0.3, 0.4) is 0 Å². The molecule has 3 unspecified atom stereocenters. The number of piperidine rings is 1. The lowest BCUT2D eigenvalue weighted by Gasteiger charge is -2.34. The number of carboxylic acid groups (broad SMARTS) is 1. The number of rotatable bonds is 8. The van der Waals surface area contributed by atoms with Crippen LogP contribution in [0, 0.1) is 11.8 Å². The van der Waals surface area contributed by atoms with E-state index in [1.54, 1.807) is 6.21 Å². The zero-order valence-corrected chi connectivity index (χ0v) is 18.1. The van der Waals surface area contributed by atoms with Gasteiger partial charge in [0.15, 0.2) is 5.17 Å². The molecule has 0 radical (unpaired) electrons. The van der Waals surface area contributed by atoms with E-state index in [0.29, 0.717) is 11.8 Å². The van der Waals surface area contributed by atoms with Crippen molar-refractivity contribution in [1.82, 2.24) is 10.2 Å². The summed E-state index contributed by atoms with van der Waals surface area (Å²) in [4.78, 5) is 25.0. The molecule has 0 saturated carbocycles. The van der Waals surface area contributed by atoms with E-state index in [-0.39, 0.29) is 12.3 Å². The molecule has 0 aromatic heterocycles. The van der Waals surface area contributed by atoms with Crippen LogP contribution in [0.1, 0.15) is 32.3 Å². The highest BCUT2D eigenvalue weighted by atomic mass is 32.2. The average Bonchev–Trinajstić information content (AvgIpc) is 3.01. The van der Waals surface area contributed by atoms with Gasteiger partial charge in [-0.15, -0.1) is 5.10 Å². The van der Waals surface area contributed by atoms with Crippen LogP contribution in [0.5, 0.6) is 5.75 Å². The summed E-state index contributed by atoms with van der Waals surface area (Å²) >= 11 is 1.07. The zero-order chi connectivity index (χ0) is 21.5. The van der Waals surface area contributed by atoms with Crippen LogP contribution >= 0.6 is 11.8 Å². The van der Waals surface area contributed by atoms with Gasteiger partial charge in [-0.3, -0.25) is 14.5 Å². The van der Waals surface area contributed by atoms with Crippen molar-refractivity contribution in [2.24, 2.45) is 22.0 Å². The van der Waals surface area contributed by atoms with Gasteiger partial charge in [-0.05, 0) is 30.4 Å². The lowest BCUT2D eigenvalue weighted by Crippen LogP contribution is -2.40. The second-order valence-corrected chi connectivity index (χ2v) is 9.13. The molecule has 1 amide bonds. The highest BCUT2D eigenvalue weighted by molar-refractivity contribution is 8.15. The minimum Gasteiger partial charge on any atom is -0.492 e. The molecule has 2 aliphatic rings. The number of hydrogen-bond acceptors (Lipinski definition) is 7. The largest absolute Gasteiger partial charge is 0.492 e. The summed E-state index contributed by atoms with van der Waals surface area (Å²) in [6, 6.07) is 7.58. The van der Waals surface area contributed by atoms with E-state index >= 15 is 0 Å². The number of para-hydroxylation sites is 1. The first-order valence-electron chi connectivity index (χ1n) is 10.1. The number of carboxylic acids is 1. The monoisotopic (exact) mass is 432 g/mol. The van der Waals surface area contributed by atoms with Crippen molar-refractivity contribution in [2.75, 3.05) is 26.2 Å². The summed E-state index contributed by atoms with van der Waals surface area (Å²) in [5.74, 6) is 0.785. The first-order chi connectivity index (χ1) is 14.4. The number of hydrogen-bond donors (Lipinski definition) is 2. The highest BCUT2D eigenvalue weighted by Gasteiger charge is 2.32. The number of carbonyl (C=O) groups is 2. The first-order valence-corrected chi connectivity index (χ1v) is 11.0. The number of carbonyl (C=O) groups excluding carboxylic acids is 1. The maximum absolute atomic E-state index is 11.7. The van der Waals surface area contributed by atoms with Crippen LogP contribution in [-0.2, 0) is 9.59 Å². The summed E-state index contributed by atoms with van der Waals surface area (Å²) in [5.41, 5.74) is 0.790. The summed E-state index contributed by atoms with van der Waals surface area (Å²) in [6.45, 7) is 8.30. The molecule has 2 aliphatic heterocycles. The molecule has 1 aromatic rings. The van der Waals surface area contributed by atoms with Gasteiger partial charge >= 0.3 is 5.97 Å². The Hall–Kier alpha value is -2.39. The second-order valence-electron chi connectivity index (χ2n) is 7.94. The highest BCUT2D eigenvalue weighted by Crippen LogP contribution is 2.23. The third-order valence-electron chi connectivity index (χ3n) is 5.01. The predicted octanol–water partition coefficient (Wildman–Crippen LogP) is 2.44. The van der Waals surface area contributed by atoms with E-state index in [4.69, 9.17) is 9.84 Å². The predicted molar refractivity (Wildman–Crippen MR) is 118 cm³/mol. The average molecular weight is 433 g/mol. The van der Waals surface area contributed by atoms with Crippen LogP contribution < -0.4 is 10.1 Å². The van der Waals surface area contributed by atoms with Gasteiger partial charge in [0.25, 0.3) is 0 Å². The fraction of sp³-hybridized carbons (Fsp3) is 0.524. The van der Waals surface area contributed by atoms with Crippen molar-refractivity contribution in [2.45, 2.75) is 31.9 Å². The van der Waals surface area contributed by atoms with Gasteiger partial charge in [0, 0.05) is 25.2 Å². The Kier molecular flexibility index (Phi) is 7.87. The summed E-state index contributed by atoms with van der Waals surface area (Å²) < 4.78 is 5.99. The summed E-state index contributed by atoms with van der Waals surface area (Å²) in [6.07, 6.45) is 2.62. The van der Waals surface area contributed by atoms with E-state index in [2.05, 4.69) is 34.3 Å². The molecule has 2 N–H and O–H groups in total. The van der Waals surface area contributed by atoms with Crippen LogP contribution in [0.15, 0.2) is 34.5 Å². The first kappa shape index (κ1) is 22.3. The molecular weight excluding hydrogens is 404 g/mol. The third kappa shape index (κ3) is 6.56.